The molecule has 0 fully saturated rings. The predicted molar refractivity (Wildman–Crippen MR) is 72.5 cm³/mol. The lowest BCUT2D eigenvalue weighted by molar-refractivity contribution is -0.130. The Hall–Kier alpha value is -1.69. The van der Waals surface area contributed by atoms with E-state index in [1.165, 1.54) is 31.1 Å². The van der Waals surface area contributed by atoms with Crippen molar-refractivity contribution in [2.24, 2.45) is 5.73 Å². The van der Waals surface area contributed by atoms with Gasteiger partial charge in [-0.25, -0.2) is 8.78 Å². The van der Waals surface area contributed by atoms with Gasteiger partial charge in [-0.3, -0.25) is 4.79 Å². The molecule has 112 valence electrons. The number of nitrogens with two attached hydrogens (primary N) is 1. The zero-order valence-corrected chi connectivity index (χ0v) is 12.0. The molecule has 0 aromatic heterocycles. The van der Waals surface area contributed by atoms with Crippen molar-refractivity contribution < 1.29 is 18.3 Å². The Labute approximate surface area is 117 Å². The number of carbonyl (C=O) groups is 1. The highest BCUT2D eigenvalue weighted by molar-refractivity contribution is 5.77. The van der Waals surface area contributed by atoms with E-state index >= 15 is 0 Å². The smallest absolute Gasteiger partial charge is 0.259 e. The fourth-order valence-corrected chi connectivity index (χ4v) is 1.58. The Morgan fingerprint density at radius 2 is 1.90 bits per heavy atom. The number of carbonyl (C=O) groups excluding carboxylic acids is 1. The lowest BCUT2D eigenvalue weighted by Crippen LogP contribution is -2.28. The summed E-state index contributed by atoms with van der Waals surface area (Å²) in [6.07, 6.45) is 1.11. The maximum Gasteiger partial charge on any atom is 0.259 e. The van der Waals surface area contributed by atoms with Gasteiger partial charge in [0.15, 0.2) is 24.0 Å². The van der Waals surface area contributed by atoms with Gasteiger partial charge in [-0.1, -0.05) is 6.92 Å². The van der Waals surface area contributed by atoms with Gasteiger partial charge in [0.1, 0.15) is 0 Å². The molecular formula is C14H20F2N2O2. The van der Waals surface area contributed by atoms with Gasteiger partial charge in [0.2, 0.25) is 0 Å². The van der Waals surface area contributed by atoms with Crippen molar-refractivity contribution in [1.29, 1.82) is 0 Å². The van der Waals surface area contributed by atoms with E-state index < -0.39 is 24.0 Å². The van der Waals surface area contributed by atoms with Crippen molar-refractivity contribution in [3.63, 3.8) is 0 Å². The van der Waals surface area contributed by atoms with Gasteiger partial charge < -0.3 is 15.4 Å². The van der Waals surface area contributed by atoms with Crippen LogP contribution in [0.5, 0.6) is 5.75 Å². The molecule has 0 saturated heterocycles. The van der Waals surface area contributed by atoms with Gasteiger partial charge in [-0.2, -0.15) is 0 Å². The first-order chi connectivity index (χ1) is 9.35. The second-order valence-electron chi connectivity index (χ2n) is 4.84. The van der Waals surface area contributed by atoms with Crippen molar-refractivity contribution in [2.75, 3.05) is 20.7 Å². The van der Waals surface area contributed by atoms with Gasteiger partial charge in [0.25, 0.3) is 5.91 Å². The van der Waals surface area contributed by atoms with Crippen LogP contribution in [0.3, 0.4) is 0 Å². The second-order valence-corrected chi connectivity index (χ2v) is 4.84. The first kappa shape index (κ1) is 16.4. The number of hydrogen-bond acceptors (Lipinski definition) is 3. The number of ether oxygens (including phenoxy) is 1. The summed E-state index contributed by atoms with van der Waals surface area (Å²) in [6.45, 7) is 1.50. The van der Waals surface area contributed by atoms with Crippen LogP contribution in [0, 0.1) is 11.6 Å². The molecule has 1 atom stereocenters. The summed E-state index contributed by atoms with van der Waals surface area (Å²) in [6, 6.07) is 2.23. The summed E-state index contributed by atoms with van der Waals surface area (Å²) >= 11 is 0. The molecule has 0 aliphatic heterocycles. The van der Waals surface area contributed by atoms with Crippen LogP contribution in [0.4, 0.5) is 8.78 Å². The molecule has 1 rings (SSSR count). The van der Waals surface area contributed by atoms with Crippen molar-refractivity contribution in [3.8, 4) is 5.75 Å². The molecule has 20 heavy (non-hydrogen) atoms. The van der Waals surface area contributed by atoms with E-state index in [0.717, 1.165) is 6.42 Å². The van der Waals surface area contributed by atoms with Gasteiger partial charge in [0, 0.05) is 20.1 Å². The number of nitrogens with zero attached hydrogens (tertiary/aromatic N) is 1. The Morgan fingerprint density at radius 3 is 2.35 bits per heavy atom. The minimum atomic E-state index is -0.824. The second kappa shape index (κ2) is 7.19. The number of hydrogen-bond donors (Lipinski definition) is 1. The van der Waals surface area contributed by atoms with E-state index in [0.29, 0.717) is 12.0 Å². The normalized spacial score (nSPS) is 12.1. The first-order valence-electron chi connectivity index (χ1n) is 6.41. The largest absolute Gasteiger partial charge is 0.478 e. The minimum Gasteiger partial charge on any atom is -0.478 e. The van der Waals surface area contributed by atoms with E-state index in [1.54, 1.807) is 0 Å². The van der Waals surface area contributed by atoms with Gasteiger partial charge in [-0.05, 0) is 30.5 Å². The SMILES string of the molecule is CCC(N)Cc1cc(F)c(OCC(=O)N(C)C)c(F)c1. The van der Waals surface area contributed by atoms with E-state index in [9.17, 15) is 13.6 Å². The number of amides is 1. The van der Waals surface area contributed by atoms with Crippen LogP contribution < -0.4 is 10.5 Å². The zero-order chi connectivity index (χ0) is 15.3. The average Bonchev–Trinajstić information content (AvgIpc) is 2.37. The molecule has 1 unspecified atom stereocenters. The zero-order valence-electron chi connectivity index (χ0n) is 12.0. The van der Waals surface area contributed by atoms with Crippen LogP contribution in [-0.4, -0.2) is 37.6 Å². The van der Waals surface area contributed by atoms with Crippen LogP contribution >= 0.6 is 0 Å². The maximum absolute atomic E-state index is 13.8. The third-order valence-corrected chi connectivity index (χ3v) is 2.92. The molecule has 0 aliphatic rings. The molecule has 0 aliphatic carbocycles. The summed E-state index contributed by atoms with van der Waals surface area (Å²) in [5.41, 5.74) is 6.22. The van der Waals surface area contributed by atoms with E-state index in [-0.39, 0.29) is 11.9 Å². The van der Waals surface area contributed by atoms with Crippen LogP contribution in [-0.2, 0) is 11.2 Å². The Kier molecular flexibility index (Phi) is 5.88. The van der Waals surface area contributed by atoms with Crippen LogP contribution in [0.2, 0.25) is 0 Å². The highest BCUT2D eigenvalue weighted by atomic mass is 19.1. The standard InChI is InChI=1S/C14H20F2N2O2/c1-4-10(17)5-9-6-11(15)14(12(16)7-9)20-8-13(19)18(2)3/h6-7,10H,4-5,8,17H2,1-3H3. The summed E-state index contributed by atoms with van der Waals surface area (Å²) in [7, 11) is 3.07. The lowest BCUT2D eigenvalue weighted by atomic mass is 10.0. The fourth-order valence-electron chi connectivity index (χ4n) is 1.58. The molecule has 1 aromatic carbocycles. The molecular weight excluding hydrogens is 266 g/mol. The molecule has 6 heteroatoms. The fraction of sp³-hybridized carbons (Fsp3) is 0.500. The highest BCUT2D eigenvalue weighted by Gasteiger charge is 2.15. The first-order valence-corrected chi connectivity index (χ1v) is 6.41. The number of halogens is 2. The predicted octanol–water partition coefficient (Wildman–Crippen LogP) is 1.71. The molecule has 0 heterocycles. The summed E-state index contributed by atoms with van der Waals surface area (Å²) in [5, 5.41) is 0. The minimum absolute atomic E-state index is 0.143. The third-order valence-electron chi connectivity index (χ3n) is 2.92. The van der Waals surface area contributed by atoms with Gasteiger partial charge >= 0.3 is 0 Å². The Bertz CT molecular complexity index is 455. The number of rotatable bonds is 6. The molecule has 0 saturated carbocycles. The van der Waals surface area contributed by atoms with Crippen molar-refractivity contribution in [2.45, 2.75) is 25.8 Å². The van der Waals surface area contributed by atoms with E-state index in [2.05, 4.69) is 0 Å². The molecule has 1 aromatic rings. The molecule has 2 N–H and O–H groups in total. The van der Waals surface area contributed by atoms with Crippen LogP contribution in [0.1, 0.15) is 18.9 Å². The maximum atomic E-state index is 13.8. The monoisotopic (exact) mass is 286 g/mol. The van der Waals surface area contributed by atoms with Crippen LogP contribution in [0.25, 0.3) is 0 Å². The Balaban J connectivity index is 2.81. The summed E-state index contributed by atoms with van der Waals surface area (Å²) < 4.78 is 32.5. The van der Waals surface area contributed by atoms with Crippen LogP contribution in [0.15, 0.2) is 12.1 Å². The van der Waals surface area contributed by atoms with Gasteiger partial charge in [0.05, 0.1) is 0 Å². The number of benzene rings is 1. The quantitative estimate of drug-likeness (QED) is 0.866. The molecule has 4 nitrogen and oxygen atoms in total. The van der Waals surface area contributed by atoms with E-state index in [1.807, 2.05) is 6.92 Å². The van der Waals surface area contributed by atoms with Crippen molar-refractivity contribution >= 4 is 5.91 Å². The van der Waals surface area contributed by atoms with Crippen molar-refractivity contribution in [3.05, 3.63) is 29.3 Å². The number of likely N-dealkylation sites (N-methyl/N-ethyl adjacent to an activating group) is 1. The lowest BCUT2D eigenvalue weighted by Gasteiger charge is -2.14. The molecule has 0 spiro atoms. The average molecular weight is 286 g/mol. The summed E-state index contributed by atoms with van der Waals surface area (Å²) in [4.78, 5) is 12.6. The molecule has 0 bridgehead atoms. The van der Waals surface area contributed by atoms with E-state index in [4.69, 9.17) is 10.5 Å². The molecule has 0 radical (unpaired) electrons. The van der Waals surface area contributed by atoms with Crippen molar-refractivity contribution in [1.82, 2.24) is 4.90 Å². The summed E-state index contributed by atoms with van der Waals surface area (Å²) in [5.74, 6) is -2.56. The third kappa shape index (κ3) is 4.45. The van der Waals surface area contributed by atoms with Gasteiger partial charge in [-0.15, -0.1) is 0 Å². The molecule has 1 amide bonds. The highest BCUT2D eigenvalue weighted by Crippen LogP contribution is 2.24. The topological polar surface area (TPSA) is 55.6 Å². The Morgan fingerprint density at radius 1 is 1.35 bits per heavy atom.